The van der Waals surface area contributed by atoms with Gasteiger partial charge in [-0.1, -0.05) is 250 Å². The van der Waals surface area contributed by atoms with E-state index in [4.69, 9.17) is 13.8 Å². The summed E-state index contributed by atoms with van der Waals surface area (Å²) >= 11 is 0. The van der Waals surface area contributed by atoms with E-state index < -0.39 is 20.0 Å². The number of unbranched alkanes of at least 4 members (excludes halogenated alkanes) is 35. The number of rotatable bonds is 57. The molecule has 0 aromatic rings. The number of phosphoric ester groups is 1. The van der Waals surface area contributed by atoms with Crippen molar-refractivity contribution >= 4 is 19.7 Å². The normalized spacial score (nSPS) is 14.0. The summed E-state index contributed by atoms with van der Waals surface area (Å²) in [5, 5.41) is 3.05. The lowest BCUT2D eigenvalue weighted by atomic mass is 10.0. The van der Waals surface area contributed by atoms with Crippen LogP contribution in [0, 0.1) is 0 Å². The molecule has 0 radical (unpaired) electrons. The quantitative estimate of drug-likeness (QED) is 0.0205. The first-order valence-corrected chi connectivity index (χ1v) is 33.0. The van der Waals surface area contributed by atoms with Gasteiger partial charge in [-0.15, -0.1) is 0 Å². The summed E-state index contributed by atoms with van der Waals surface area (Å²) in [6.45, 7) is 6.91. The Morgan fingerprint density at radius 3 is 1.30 bits per heavy atom. The van der Waals surface area contributed by atoms with Crippen molar-refractivity contribution in [1.29, 1.82) is 0 Å². The molecule has 0 saturated carbocycles. The van der Waals surface area contributed by atoms with Crippen molar-refractivity contribution in [2.45, 2.75) is 309 Å². The summed E-state index contributed by atoms with van der Waals surface area (Å²) in [6.07, 6.45) is 66.9. The minimum atomic E-state index is -4.45. The molecule has 0 aliphatic carbocycles. The van der Waals surface area contributed by atoms with Gasteiger partial charge in [-0.05, 0) is 83.1 Å². The van der Waals surface area contributed by atoms with E-state index in [1.807, 2.05) is 33.3 Å². The number of nitrogens with zero attached hydrogens (tertiary/aromatic N) is 1. The number of amides is 1. The number of hydrogen-bond acceptors (Lipinski definition) is 6. The number of ether oxygens (including phenoxy) is 1. The zero-order valence-corrected chi connectivity index (χ0v) is 50.5. The Kier molecular flexibility index (Phi) is 52.8. The lowest BCUT2D eigenvalue weighted by Crippen LogP contribution is -2.47. The van der Waals surface area contributed by atoms with Gasteiger partial charge in [-0.25, -0.2) is 4.57 Å². The van der Waals surface area contributed by atoms with Crippen molar-refractivity contribution in [3.63, 3.8) is 0 Å². The molecular weight excluding hydrogens is 940 g/mol. The van der Waals surface area contributed by atoms with Gasteiger partial charge in [0.25, 0.3) is 0 Å². The van der Waals surface area contributed by atoms with E-state index in [2.05, 4.69) is 62.5 Å². The highest BCUT2D eigenvalue weighted by Gasteiger charge is 2.30. The molecule has 0 aliphatic rings. The number of carbonyl (C=O) groups is 2. The van der Waals surface area contributed by atoms with Gasteiger partial charge >= 0.3 is 13.8 Å². The molecule has 0 fully saturated rings. The molecule has 0 rings (SSSR count). The third-order valence-electron chi connectivity index (χ3n) is 14.0. The van der Waals surface area contributed by atoms with Crippen LogP contribution in [0.2, 0.25) is 0 Å². The smallest absolute Gasteiger partial charge is 0.456 e. The Morgan fingerprint density at radius 1 is 0.486 bits per heavy atom. The first kappa shape index (κ1) is 72.0. The molecule has 2 N–H and O–H groups in total. The maximum atomic E-state index is 13.5. The number of phosphoric acid groups is 1. The Bertz CT molecular complexity index is 1410. The SMILES string of the molecule is CC/C=C/C/C=C/CCCCCCCCCC(=O)NC(COP(=O)(O)OCC[N+](C)(C)C)C(/C=C\CCCCCCCCCCC)OC(=O)CCCCCCCCCCCCCCC/C=C/CCCCCCCC. The van der Waals surface area contributed by atoms with Gasteiger partial charge in [-0.2, -0.15) is 0 Å². The van der Waals surface area contributed by atoms with Crippen LogP contribution in [-0.2, 0) is 27.9 Å². The van der Waals surface area contributed by atoms with E-state index in [9.17, 15) is 19.0 Å². The molecule has 3 unspecified atom stereocenters. The molecule has 1 amide bonds. The molecule has 0 bridgehead atoms. The largest absolute Gasteiger partial charge is 0.472 e. The molecule has 0 saturated heterocycles. The lowest BCUT2D eigenvalue weighted by molar-refractivity contribution is -0.870. The van der Waals surface area contributed by atoms with Gasteiger partial charge in [0.1, 0.15) is 19.3 Å². The van der Waals surface area contributed by atoms with Crippen molar-refractivity contribution in [1.82, 2.24) is 5.32 Å². The molecule has 74 heavy (non-hydrogen) atoms. The topological polar surface area (TPSA) is 111 Å². The van der Waals surface area contributed by atoms with Crippen molar-refractivity contribution in [2.24, 2.45) is 0 Å². The number of quaternary nitrogens is 1. The molecule has 434 valence electrons. The predicted molar refractivity (Wildman–Crippen MR) is 319 cm³/mol. The molecular formula is C64H122N2O7P+. The maximum absolute atomic E-state index is 13.5. The monoisotopic (exact) mass is 1060 g/mol. The Hall–Kier alpha value is -2.03. The van der Waals surface area contributed by atoms with Crippen molar-refractivity contribution in [3.05, 3.63) is 48.6 Å². The van der Waals surface area contributed by atoms with Crippen molar-refractivity contribution < 1.29 is 37.3 Å². The number of esters is 1. The first-order chi connectivity index (χ1) is 35.9. The van der Waals surface area contributed by atoms with Gasteiger partial charge in [0, 0.05) is 12.8 Å². The Morgan fingerprint density at radius 2 is 0.865 bits per heavy atom. The number of nitrogens with one attached hydrogen (secondary N) is 1. The number of allylic oxidation sites excluding steroid dienone is 7. The number of hydrogen-bond donors (Lipinski definition) is 2. The summed E-state index contributed by atoms with van der Waals surface area (Å²) in [5.74, 6) is -0.507. The van der Waals surface area contributed by atoms with E-state index in [0.717, 1.165) is 83.5 Å². The van der Waals surface area contributed by atoms with Gasteiger partial charge < -0.3 is 19.4 Å². The third kappa shape index (κ3) is 54.7. The Balaban J connectivity index is 5.10. The fourth-order valence-electron chi connectivity index (χ4n) is 9.15. The van der Waals surface area contributed by atoms with E-state index in [0.29, 0.717) is 23.9 Å². The molecule has 0 aromatic heterocycles. The molecule has 9 nitrogen and oxygen atoms in total. The van der Waals surface area contributed by atoms with E-state index in [1.165, 1.54) is 180 Å². The fraction of sp³-hybridized carbons (Fsp3) is 0.844. The van der Waals surface area contributed by atoms with Crippen molar-refractivity contribution in [2.75, 3.05) is 40.9 Å². The standard InChI is InChI=1S/C64H121N2O7P/c1-7-10-13-16-19-22-25-27-29-30-31-32-33-34-35-36-37-39-42-45-48-51-54-57-64(68)73-62(55-52-49-46-43-40-24-21-18-15-12-9-3)61(60-72-74(69,70)71-59-58-66(4,5)6)65-63(67)56-53-50-47-44-41-38-28-26-23-20-17-14-11-8-2/h11,14,20,23,27,29,52,55,61-62H,7-10,12-13,15-19,21-22,24-26,28,30-51,53-54,56-60H2,1-6H3,(H-,65,67,69,70)/p+1/b14-11+,23-20+,29-27+,55-52-. The van der Waals surface area contributed by atoms with Crippen LogP contribution in [-0.4, -0.2) is 74.3 Å². The highest BCUT2D eigenvalue weighted by atomic mass is 31.2. The Labute approximate surface area is 458 Å². The molecule has 0 heterocycles. The second-order valence-electron chi connectivity index (χ2n) is 22.5. The van der Waals surface area contributed by atoms with E-state index >= 15 is 0 Å². The van der Waals surface area contributed by atoms with E-state index in [-0.39, 0.29) is 25.1 Å². The van der Waals surface area contributed by atoms with Crippen LogP contribution in [0.15, 0.2) is 48.6 Å². The number of likely N-dealkylation sites (N-methyl/N-ethyl adjacent to an activating group) is 1. The summed E-state index contributed by atoms with van der Waals surface area (Å²) in [7, 11) is 1.50. The molecule has 0 spiro atoms. The first-order valence-electron chi connectivity index (χ1n) is 31.5. The molecule has 3 atom stereocenters. The summed E-state index contributed by atoms with van der Waals surface area (Å²) in [5.41, 5.74) is 0. The molecule has 0 aliphatic heterocycles. The zero-order chi connectivity index (χ0) is 54.3. The molecule has 0 aromatic carbocycles. The fourth-order valence-corrected chi connectivity index (χ4v) is 9.89. The highest BCUT2D eigenvalue weighted by Crippen LogP contribution is 2.43. The van der Waals surface area contributed by atoms with Crippen molar-refractivity contribution in [3.8, 4) is 0 Å². The van der Waals surface area contributed by atoms with Crippen LogP contribution in [0.1, 0.15) is 297 Å². The third-order valence-corrected chi connectivity index (χ3v) is 15.0. The maximum Gasteiger partial charge on any atom is 0.472 e. The van der Waals surface area contributed by atoms with Crippen LogP contribution in [0.4, 0.5) is 0 Å². The van der Waals surface area contributed by atoms with Gasteiger partial charge in [0.2, 0.25) is 5.91 Å². The van der Waals surface area contributed by atoms with Crippen LogP contribution in [0.25, 0.3) is 0 Å². The van der Waals surface area contributed by atoms with Crippen LogP contribution in [0.5, 0.6) is 0 Å². The van der Waals surface area contributed by atoms with Gasteiger partial charge in [0.05, 0.1) is 33.8 Å². The second-order valence-corrected chi connectivity index (χ2v) is 24.0. The minimum Gasteiger partial charge on any atom is -0.456 e. The van der Waals surface area contributed by atoms with Crippen LogP contribution >= 0.6 is 7.82 Å². The number of carbonyl (C=O) groups excluding carboxylic acids is 2. The van der Waals surface area contributed by atoms with Crippen LogP contribution in [0.3, 0.4) is 0 Å². The summed E-state index contributed by atoms with van der Waals surface area (Å²) < 4.78 is 30.7. The highest BCUT2D eigenvalue weighted by molar-refractivity contribution is 7.47. The predicted octanol–water partition coefficient (Wildman–Crippen LogP) is 19.3. The average Bonchev–Trinajstić information content (AvgIpc) is 3.36. The van der Waals surface area contributed by atoms with Gasteiger partial charge in [0.15, 0.2) is 0 Å². The second kappa shape index (κ2) is 54.3. The summed E-state index contributed by atoms with van der Waals surface area (Å²) in [4.78, 5) is 37.7. The zero-order valence-electron chi connectivity index (χ0n) is 49.6. The average molecular weight is 1060 g/mol. The van der Waals surface area contributed by atoms with E-state index in [1.54, 1.807) is 0 Å². The minimum absolute atomic E-state index is 0.0390. The summed E-state index contributed by atoms with van der Waals surface area (Å²) in [6, 6.07) is -0.850. The van der Waals surface area contributed by atoms with Gasteiger partial charge in [-0.3, -0.25) is 18.6 Å². The lowest BCUT2D eigenvalue weighted by Gasteiger charge is -2.27. The molecule has 10 heteroatoms. The van der Waals surface area contributed by atoms with Crippen LogP contribution < -0.4 is 5.32 Å².